The Morgan fingerprint density at radius 1 is 1.00 bits per heavy atom. The molecular formula is C4HClF8O3S. The van der Waals surface area contributed by atoms with Crippen LogP contribution < -0.4 is 0 Å². The number of hydrogen-bond donors (Lipinski definition) is 0. The van der Waals surface area contributed by atoms with E-state index in [4.69, 9.17) is 0 Å². The van der Waals surface area contributed by atoms with Crippen molar-refractivity contribution < 1.29 is 48.3 Å². The van der Waals surface area contributed by atoms with E-state index in [9.17, 15) is 43.5 Å². The van der Waals surface area contributed by atoms with Crippen LogP contribution in [0.4, 0.5) is 35.1 Å². The SMILES string of the molecule is O=S(=O)(Cl)C(F)(F)C(F)(F)OC(F)C(F)(F)F. The molecule has 0 saturated heterocycles. The van der Waals surface area contributed by atoms with Crippen LogP contribution in [0.1, 0.15) is 0 Å². The topological polar surface area (TPSA) is 43.4 Å². The highest BCUT2D eigenvalue weighted by molar-refractivity contribution is 8.14. The average molecular weight is 317 g/mol. The van der Waals surface area contributed by atoms with Gasteiger partial charge in [-0.25, -0.2) is 12.8 Å². The Labute approximate surface area is 92.7 Å². The van der Waals surface area contributed by atoms with Gasteiger partial charge in [-0.1, -0.05) is 0 Å². The van der Waals surface area contributed by atoms with Crippen molar-refractivity contribution in [2.75, 3.05) is 0 Å². The lowest BCUT2D eigenvalue weighted by atomic mass is 10.6. The minimum absolute atomic E-state index is 2.05. The standard InChI is InChI=1S/C4HClF8O3S/c5-17(14,15)4(12,13)3(10,11)16-1(6)2(7,8)9/h1H. The van der Waals surface area contributed by atoms with Gasteiger partial charge in [-0.3, -0.25) is 4.74 Å². The number of alkyl halides is 8. The summed E-state index contributed by atoms with van der Waals surface area (Å²) in [5, 5.41) is -6.23. The van der Waals surface area contributed by atoms with E-state index < -0.39 is 32.9 Å². The van der Waals surface area contributed by atoms with Gasteiger partial charge >= 0.3 is 26.6 Å². The van der Waals surface area contributed by atoms with Crippen molar-refractivity contribution in [3.8, 4) is 0 Å². The second kappa shape index (κ2) is 4.39. The molecule has 104 valence electrons. The van der Waals surface area contributed by atoms with E-state index in [1.54, 1.807) is 0 Å². The van der Waals surface area contributed by atoms with Crippen molar-refractivity contribution >= 4 is 19.7 Å². The molecule has 0 amide bonds. The van der Waals surface area contributed by atoms with Crippen molar-refractivity contribution in [3.05, 3.63) is 0 Å². The lowest BCUT2D eigenvalue weighted by Gasteiger charge is -2.25. The van der Waals surface area contributed by atoms with Gasteiger partial charge in [-0.05, 0) is 0 Å². The molecule has 0 saturated carbocycles. The highest BCUT2D eigenvalue weighted by Gasteiger charge is 2.69. The zero-order valence-electron chi connectivity index (χ0n) is 7.11. The third-order valence-electron chi connectivity index (χ3n) is 1.15. The summed E-state index contributed by atoms with van der Waals surface area (Å²) >= 11 is 0. The molecule has 0 heterocycles. The number of halogens is 9. The van der Waals surface area contributed by atoms with Crippen molar-refractivity contribution in [3.63, 3.8) is 0 Å². The van der Waals surface area contributed by atoms with E-state index >= 15 is 0 Å². The first kappa shape index (κ1) is 16.6. The summed E-state index contributed by atoms with van der Waals surface area (Å²) in [5.41, 5.74) is 0. The van der Waals surface area contributed by atoms with Crippen LogP contribution in [0.3, 0.4) is 0 Å². The molecule has 0 bridgehead atoms. The molecule has 0 aromatic heterocycles. The summed E-state index contributed by atoms with van der Waals surface area (Å²) in [6.45, 7) is 0. The van der Waals surface area contributed by atoms with E-state index in [1.807, 2.05) is 0 Å². The summed E-state index contributed by atoms with van der Waals surface area (Å²) in [5.74, 6) is 0. The lowest BCUT2D eigenvalue weighted by molar-refractivity contribution is -0.393. The number of hydrogen-bond acceptors (Lipinski definition) is 3. The molecule has 0 aliphatic heterocycles. The molecule has 3 nitrogen and oxygen atoms in total. The average Bonchev–Trinajstić information content (AvgIpc) is 1.98. The third-order valence-corrected chi connectivity index (χ3v) is 2.59. The minimum Gasteiger partial charge on any atom is -0.271 e. The minimum atomic E-state index is -6.32. The zero-order valence-corrected chi connectivity index (χ0v) is 8.68. The molecule has 0 radical (unpaired) electrons. The summed E-state index contributed by atoms with van der Waals surface area (Å²) in [6.07, 6.45) is -17.1. The van der Waals surface area contributed by atoms with E-state index in [2.05, 4.69) is 15.4 Å². The highest BCUT2D eigenvalue weighted by atomic mass is 35.7. The second-order valence-corrected chi connectivity index (χ2v) is 5.05. The first-order valence-corrected chi connectivity index (χ1v) is 5.52. The van der Waals surface area contributed by atoms with E-state index in [0.29, 0.717) is 0 Å². The first-order chi connectivity index (χ1) is 7.13. The van der Waals surface area contributed by atoms with E-state index in [1.165, 1.54) is 0 Å². The Balaban J connectivity index is 5.18. The van der Waals surface area contributed by atoms with Crippen LogP contribution in [0.25, 0.3) is 0 Å². The van der Waals surface area contributed by atoms with Crippen LogP contribution in [0.15, 0.2) is 0 Å². The van der Waals surface area contributed by atoms with Crippen LogP contribution in [-0.2, 0) is 13.8 Å². The summed E-state index contributed by atoms with van der Waals surface area (Å²) < 4.78 is 117. The van der Waals surface area contributed by atoms with Crippen LogP contribution in [0, 0.1) is 0 Å². The molecule has 0 aromatic rings. The Bertz CT molecular complexity index is 375. The fourth-order valence-electron chi connectivity index (χ4n) is 0.407. The van der Waals surface area contributed by atoms with Crippen molar-refractivity contribution in [2.45, 2.75) is 23.9 Å². The van der Waals surface area contributed by atoms with Gasteiger partial charge in [-0.15, -0.1) is 0 Å². The van der Waals surface area contributed by atoms with Gasteiger partial charge in [0.1, 0.15) is 0 Å². The van der Waals surface area contributed by atoms with Crippen LogP contribution in [0.2, 0.25) is 0 Å². The second-order valence-electron chi connectivity index (χ2n) is 2.45. The van der Waals surface area contributed by atoms with Crippen molar-refractivity contribution in [1.29, 1.82) is 0 Å². The Morgan fingerprint density at radius 3 is 1.59 bits per heavy atom. The fraction of sp³-hybridized carbons (Fsp3) is 1.00. The largest absolute Gasteiger partial charge is 0.449 e. The number of ether oxygens (including phenoxy) is 1. The predicted octanol–water partition coefficient (Wildman–Crippen LogP) is 2.62. The molecule has 13 heteroatoms. The van der Waals surface area contributed by atoms with Gasteiger partial charge in [0.25, 0.3) is 6.36 Å². The maximum Gasteiger partial charge on any atom is 0.449 e. The quantitative estimate of drug-likeness (QED) is 0.591. The van der Waals surface area contributed by atoms with Crippen LogP contribution >= 0.6 is 10.7 Å². The summed E-state index contributed by atoms with van der Waals surface area (Å²) in [6, 6.07) is 0. The third kappa shape index (κ3) is 3.55. The monoisotopic (exact) mass is 316 g/mol. The normalized spacial score (nSPS) is 17.0. The summed E-state index contributed by atoms with van der Waals surface area (Å²) in [7, 11) is -2.46. The number of rotatable bonds is 4. The Kier molecular flexibility index (Phi) is 4.29. The molecular weight excluding hydrogens is 316 g/mol. The maximum absolute atomic E-state index is 12.3. The molecule has 1 atom stereocenters. The van der Waals surface area contributed by atoms with Crippen molar-refractivity contribution in [1.82, 2.24) is 0 Å². The van der Waals surface area contributed by atoms with E-state index in [0.717, 1.165) is 0 Å². The van der Waals surface area contributed by atoms with E-state index in [-0.39, 0.29) is 0 Å². The van der Waals surface area contributed by atoms with Gasteiger partial charge in [0.2, 0.25) is 0 Å². The van der Waals surface area contributed by atoms with Gasteiger partial charge in [0.15, 0.2) is 0 Å². The van der Waals surface area contributed by atoms with Crippen LogP contribution in [-0.4, -0.2) is 32.3 Å². The predicted molar refractivity (Wildman–Crippen MR) is 36.7 cm³/mol. The highest BCUT2D eigenvalue weighted by Crippen LogP contribution is 2.43. The molecule has 0 N–H and O–H groups in total. The smallest absolute Gasteiger partial charge is 0.271 e. The molecule has 17 heavy (non-hydrogen) atoms. The maximum atomic E-state index is 12.3. The molecule has 0 rings (SSSR count). The molecule has 0 spiro atoms. The van der Waals surface area contributed by atoms with Gasteiger partial charge in [0.05, 0.1) is 0 Å². The molecule has 0 aliphatic carbocycles. The molecule has 0 aliphatic rings. The Hall–Kier alpha value is -0.360. The first-order valence-electron chi connectivity index (χ1n) is 3.21. The fourth-order valence-corrected chi connectivity index (χ4v) is 1.01. The van der Waals surface area contributed by atoms with Gasteiger partial charge < -0.3 is 0 Å². The van der Waals surface area contributed by atoms with Crippen molar-refractivity contribution in [2.24, 2.45) is 0 Å². The lowest BCUT2D eigenvalue weighted by Crippen LogP contribution is -2.50. The molecule has 0 aromatic carbocycles. The molecule has 0 fully saturated rings. The van der Waals surface area contributed by atoms with Crippen LogP contribution in [0.5, 0.6) is 0 Å². The van der Waals surface area contributed by atoms with Gasteiger partial charge in [-0.2, -0.15) is 30.7 Å². The van der Waals surface area contributed by atoms with Gasteiger partial charge in [0, 0.05) is 10.7 Å². The Morgan fingerprint density at radius 2 is 1.35 bits per heavy atom. The zero-order chi connectivity index (χ0) is 14.3. The molecule has 1 unspecified atom stereocenters. The summed E-state index contributed by atoms with van der Waals surface area (Å²) in [4.78, 5) is 0.